The number of rotatable bonds is 0. The van der Waals surface area contributed by atoms with Crippen LogP contribution < -0.4 is 9.47 Å². The van der Waals surface area contributed by atoms with E-state index in [0.29, 0.717) is 35.9 Å². The van der Waals surface area contributed by atoms with Crippen molar-refractivity contribution in [2.24, 2.45) is 11.8 Å². The predicted molar refractivity (Wildman–Crippen MR) is 162 cm³/mol. The third-order valence-corrected chi connectivity index (χ3v) is 11.0. The molecule has 5 aliphatic rings. The minimum Gasteiger partial charge on any atom is -0.492 e. The average molecular weight is 800 g/mol. The van der Waals surface area contributed by atoms with Gasteiger partial charge in [-0.25, -0.2) is 0 Å². The summed E-state index contributed by atoms with van der Waals surface area (Å²) in [7, 11) is 0. The lowest BCUT2D eigenvalue weighted by molar-refractivity contribution is -0.139. The molecule has 0 saturated heterocycles. The highest BCUT2D eigenvalue weighted by Gasteiger charge is 2.60. The monoisotopic (exact) mass is 796 g/mol. The fourth-order valence-corrected chi connectivity index (χ4v) is 9.70. The van der Waals surface area contributed by atoms with E-state index in [0.717, 1.165) is 29.0 Å². The van der Waals surface area contributed by atoms with Crippen LogP contribution in [0.1, 0.15) is 50.7 Å². The summed E-state index contributed by atoms with van der Waals surface area (Å²) in [6.45, 7) is 8.52. The molecule has 0 unspecified atom stereocenters. The summed E-state index contributed by atoms with van der Waals surface area (Å²) in [4.78, 5) is 29.2. The van der Waals surface area contributed by atoms with Crippen molar-refractivity contribution in [3.05, 3.63) is 75.9 Å². The van der Waals surface area contributed by atoms with Crippen LogP contribution in [0.2, 0.25) is 0 Å². The zero-order valence-corrected chi connectivity index (χ0v) is 28.3. The van der Waals surface area contributed by atoms with Crippen LogP contribution in [0.5, 0.6) is 11.5 Å². The number of ketones is 2. The van der Waals surface area contributed by atoms with Gasteiger partial charge in [0.2, 0.25) is 11.6 Å². The lowest BCUT2D eigenvalue weighted by atomic mass is 9.63. The fourth-order valence-electron chi connectivity index (χ4n) is 6.96. The van der Waals surface area contributed by atoms with Gasteiger partial charge in [0.25, 0.3) is 0 Å². The zero-order chi connectivity index (χ0) is 28.5. The SMILES string of the molecule is CC1(C)OC2=C(C(=O)C3=C(C2=O)[C@H]2c4cc(Br)cc(Br)c4OC[C@H]2C(C)(C)O3)[C@H]2c3cc(Br)cc(Br)c3OC[C@H]21. The largest absolute Gasteiger partial charge is 0.492 e. The van der Waals surface area contributed by atoms with Crippen LogP contribution in [0.15, 0.2) is 64.8 Å². The molecule has 0 spiro atoms. The Morgan fingerprint density at radius 1 is 0.650 bits per heavy atom. The first-order valence-electron chi connectivity index (χ1n) is 13.0. The summed E-state index contributed by atoms with van der Waals surface area (Å²) < 4.78 is 28.6. The van der Waals surface area contributed by atoms with Crippen LogP contribution in [-0.2, 0) is 19.1 Å². The molecule has 6 nitrogen and oxygen atoms in total. The van der Waals surface area contributed by atoms with Crippen molar-refractivity contribution in [3.8, 4) is 11.5 Å². The van der Waals surface area contributed by atoms with E-state index >= 15 is 0 Å². The Morgan fingerprint density at radius 3 is 1.40 bits per heavy atom. The molecule has 7 rings (SSSR count). The van der Waals surface area contributed by atoms with Gasteiger partial charge in [0.1, 0.15) is 22.7 Å². The number of benzene rings is 2. The minimum atomic E-state index is -0.766. The smallest absolute Gasteiger partial charge is 0.228 e. The van der Waals surface area contributed by atoms with Crippen LogP contribution in [0.4, 0.5) is 0 Å². The molecular weight excluding hydrogens is 776 g/mol. The molecule has 4 atom stereocenters. The van der Waals surface area contributed by atoms with E-state index in [4.69, 9.17) is 18.9 Å². The second-order valence-corrected chi connectivity index (χ2v) is 15.5. The topological polar surface area (TPSA) is 71.1 Å². The third kappa shape index (κ3) is 3.74. The van der Waals surface area contributed by atoms with Crippen molar-refractivity contribution < 1.29 is 28.5 Å². The molecule has 10 heteroatoms. The fraction of sp³-hybridized carbons (Fsp3) is 0.400. The standard InChI is InChI=1S/C30H24Br4O6/c1-29(2)15-9-37-25-13(5-11(31)7-17(25)33)19(15)21-24(36)28-22(23(35)27(21)39-29)20-14-6-12(32)8-18(34)26(14)38-10-16(20)30(3,4)40-28/h5-8,15-16,19-20H,9-10H2,1-4H3/t15-,16-,19+,20+/m1/s1. The molecule has 4 aliphatic heterocycles. The first-order chi connectivity index (χ1) is 18.8. The Balaban J connectivity index is 1.46. The van der Waals surface area contributed by atoms with Crippen molar-refractivity contribution in [1.82, 2.24) is 0 Å². The number of ether oxygens (including phenoxy) is 4. The number of carbonyl (C=O) groups excluding carboxylic acids is 2. The molecule has 40 heavy (non-hydrogen) atoms. The van der Waals surface area contributed by atoms with Gasteiger partial charge in [-0.15, -0.1) is 0 Å². The van der Waals surface area contributed by atoms with E-state index in [1.165, 1.54) is 0 Å². The lowest BCUT2D eigenvalue weighted by Crippen LogP contribution is -2.54. The van der Waals surface area contributed by atoms with E-state index in [1.54, 1.807) is 0 Å². The van der Waals surface area contributed by atoms with Gasteiger partial charge in [0.05, 0.1) is 33.3 Å². The molecule has 0 fully saturated rings. The molecule has 2 aromatic rings. The van der Waals surface area contributed by atoms with Gasteiger partial charge < -0.3 is 18.9 Å². The summed E-state index contributed by atoms with van der Waals surface area (Å²) in [5.74, 6) is -0.225. The first-order valence-corrected chi connectivity index (χ1v) is 16.2. The number of carbonyl (C=O) groups is 2. The highest BCUT2D eigenvalue weighted by Crippen LogP contribution is 2.60. The summed E-state index contributed by atoms with van der Waals surface area (Å²) in [5.41, 5.74) is 0.835. The van der Waals surface area contributed by atoms with Crippen molar-refractivity contribution in [2.45, 2.75) is 50.7 Å². The van der Waals surface area contributed by atoms with E-state index in [2.05, 4.69) is 63.7 Å². The summed E-state index contributed by atoms with van der Waals surface area (Å²) >= 11 is 14.4. The molecule has 0 saturated carbocycles. The van der Waals surface area contributed by atoms with Gasteiger partial charge in [-0.1, -0.05) is 31.9 Å². The van der Waals surface area contributed by atoms with Crippen LogP contribution >= 0.6 is 63.7 Å². The van der Waals surface area contributed by atoms with E-state index in [-0.39, 0.29) is 34.9 Å². The van der Waals surface area contributed by atoms with Crippen LogP contribution in [0.25, 0.3) is 0 Å². The highest BCUT2D eigenvalue weighted by molar-refractivity contribution is 9.11. The Morgan fingerprint density at radius 2 is 1.02 bits per heavy atom. The molecule has 0 N–H and O–H groups in total. The first kappa shape index (κ1) is 27.2. The average Bonchev–Trinajstić information content (AvgIpc) is 2.86. The van der Waals surface area contributed by atoms with Crippen molar-refractivity contribution >= 4 is 75.3 Å². The number of Topliss-reactive ketones (excluding diaryl/α,β-unsaturated/α-hetero) is 2. The number of halogens is 4. The molecule has 1 aliphatic carbocycles. The van der Waals surface area contributed by atoms with Gasteiger partial charge in [-0.2, -0.15) is 0 Å². The molecule has 0 bridgehead atoms. The highest BCUT2D eigenvalue weighted by atomic mass is 79.9. The van der Waals surface area contributed by atoms with Crippen molar-refractivity contribution in [1.29, 1.82) is 0 Å². The maximum atomic E-state index is 14.6. The predicted octanol–water partition coefficient (Wildman–Crippen LogP) is 7.90. The van der Waals surface area contributed by atoms with Crippen molar-refractivity contribution in [2.75, 3.05) is 13.2 Å². The lowest BCUT2D eigenvalue weighted by Gasteiger charge is -2.52. The van der Waals surface area contributed by atoms with Gasteiger partial charge in [-0.05, 0) is 83.8 Å². The van der Waals surface area contributed by atoms with E-state index in [1.807, 2.05) is 52.0 Å². The zero-order valence-electron chi connectivity index (χ0n) is 22.0. The van der Waals surface area contributed by atoms with Crippen molar-refractivity contribution in [3.63, 3.8) is 0 Å². The Hall–Kier alpha value is -1.62. The summed E-state index contributed by atoms with van der Waals surface area (Å²) in [6, 6.07) is 7.77. The summed E-state index contributed by atoms with van der Waals surface area (Å²) in [5, 5.41) is 0. The quantitative estimate of drug-likeness (QED) is 0.253. The van der Waals surface area contributed by atoms with E-state index in [9.17, 15) is 9.59 Å². The number of hydrogen-bond acceptors (Lipinski definition) is 6. The third-order valence-electron chi connectivity index (χ3n) is 8.89. The van der Waals surface area contributed by atoms with Crippen LogP contribution in [-0.4, -0.2) is 36.0 Å². The number of hydrogen-bond donors (Lipinski definition) is 0. The molecule has 4 heterocycles. The molecule has 0 aromatic heterocycles. The maximum Gasteiger partial charge on any atom is 0.228 e. The molecule has 0 amide bonds. The molecular formula is C30H24Br4O6. The molecule has 2 aromatic carbocycles. The Bertz CT molecular complexity index is 1500. The van der Waals surface area contributed by atoms with Gasteiger partial charge in [0, 0.05) is 43.7 Å². The van der Waals surface area contributed by atoms with Crippen LogP contribution in [0.3, 0.4) is 0 Å². The van der Waals surface area contributed by atoms with E-state index < -0.39 is 23.0 Å². The Kier molecular flexibility index (Phi) is 6.09. The minimum absolute atomic E-state index is 0.114. The Labute approximate surface area is 265 Å². The summed E-state index contributed by atoms with van der Waals surface area (Å²) in [6.07, 6.45) is 0. The number of fused-ring (bicyclic) bond motifs is 8. The maximum absolute atomic E-state index is 14.6. The molecule has 208 valence electrons. The van der Waals surface area contributed by atoms with Gasteiger partial charge >= 0.3 is 0 Å². The number of allylic oxidation sites excluding steroid dienone is 2. The second-order valence-electron chi connectivity index (χ2n) is 12.0. The second kappa shape index (κ2) is 8.94. The van der Waals surface area contributed by atoms with Crippen LogP contribution in [0, 0.1) is 11.8 Å². The normalized spacial score (nSPS) is 28.9. The van der Waals surface area contributed by atoms with Gasteiger partial charge in [-0.3, -0.25) is 9.59 Å². The van der Waals surface area contributed by atoms with Gasteiger partial charge in [0.15, 0.2) is 11.5 Å². The molecule has 0 radical (unpaired) electrons.